The van der Waals surface area contributed by atoms with Gasteiger partial charge in [0.1, 0.15) is 11.1 Å². The van der Waals surface area contributed by atoms with Crippen LogP contribution in [0.3, 0.4) is 0 Å². The van der Waals surface area contributed by atoms with Gasteiger partial charge in [0.05, 0.1) is 6.04 Å². The van der Waals surface area contributed by atoms with Crippen LogP contribution < -0.4 is 16.1 Å². The van der Waals surface area contributed by atoms with E-state index in [9.17, 15) is 14.4 Å². The molecule has 0 radical (unpaired) electrons. The second-order valence-corrected chi connectivity index (χ2v) is 7.92. The molecule has 0 bridgehead atoms. The topological polar surface area (TPSA) is 80.2 Å². The minimum absolute atomic E-state index is 0.0134. The molecule has 2 N–H and O–H groups in total. The van der Waals surface area contributed by atoms with E-state index in [1.165, 1.54) is 13.5 Å². The average Bonchev–Trinajstić information content (AvgIpc) is 3.23. The Bertz CT molecular complexity index is 867. The summed E-state index contributed by atoms with van der Waals surface area (Å²) in [6.45, 7) is 1.88. The molecule has 1 fully saturated rings. The van der Waals surface area contributed by atoms with Gasteiger partial charge in [-0.25, -0.2) is 0 Å². The van der Waals surface area contributed by atoms with Gasteiger partial charge in [0, 0.05) is 30.4 Å². The van der Waals surface area contributed by atoms with E-state index in [1.54, 1.807) is 23.7 Å². The van der Waals surface area contributed by atoms with Crippen molar-refractivity contribution in [3.63, 3.8) is 0 Å². The first-order chi connectivity index (χ1) is 13.0. The number of hydrogen-bond donors (Lipinski definition) is 2. The monoisotopic (exact) mass is 387 g/mol. The lowest BCUT2D eigenvalue weighted by Gasteiger charge is -2.25. The second kappa shape index (κ2) is 8.52. The van der Waals surface area contributed by atoms with Crippen molar-refractivity contribution in [3.8, 4) is 0 Å². The number of nitrogens with zero attached hydrogens (tertiary/aromatic N) is 1. The Labute approximate surface area is 162 Å². The van der Waals surface area contributed by atoms with E-state index in [0.29, 0.717) is 0 Å². The number of rotatable bonds is 5. The van der Waals surface area contributed by atoms with Gasteiger partial charge in [-0.1, -0.05) is 25.3 Å². The molecule has 144 valence electrons. The molecule has 0 aliphatic heterocycles. The van der Waals surface area contributed by atoms with Crippen LogP contribution in [-0.4, -0.2) is 23.4 Å². The third-order valence-electron chi connectivity index (χ3n) is 5.08. The second-order valence-electron chi connectivity index (χ2n) is 6.94. The van der Waals surface area contributed by atoms with Gasteiger partial charge in [-0.15, -0.1) is 11.3 Å². The van der Waals surface area contributed by atoms with Crippen molar-refractivity contribution >= 4 is 23.2 Å². The van der Waals surface area contributed by atoms with E-state index in [2.05, 4.69) is 10.6 Å². The van der Waals surface area contributed by atoms with Crippen molar-refractivity contribution in [2.75, 3.05) is 7.05 Å². The van der Waals surface area contributed by atoms with Crippen molar-refractivity contribution < 1.29 is 9.59 Å². The highest BCUT2D eigenvalue weighted by Gasteiger charge is 2.23. The minimum Gasteiger partial charge on any atom is -0.355 e. The van der Waals surface area contributed by atoms with Crippen molar-refractivity contribution in [1.29, 1.82) is 0 Å². The maximum Gasteiger partial charge on any atom is 0.257 e. The number of carbonyl (C=O) groups is 2. The summed E-state index contributed by atoms with van der Waals surface area (Å²) in [6.07, 6.45) is 8.61. The molecule has 1 unspecified atom stereocenters. The highest BCUT2D eigenvalue weighted by molar-refractivity contribution is 7.10. The lowest BCUT2D eigenvalue weighted by molar-refractivity contribution is 0.0938. The summed E-state index contributed by atoms with van der Waals surface area (Å²) in [5.74, 6) is -0.915. The van der Waals surface area contributed by atoms with E-state index in [4.69, 9.17) is 0 Å². The van der Waals surface area contributed by atoms with Crippen LogP contribution in [0.1, 0.15) is 76.7 Å². The van der Waals surface area contributed by atoms with Crippen LogP contribution >= 0.6 is 11.3 Å². The van der Waals surface area contributed by atoms with Gasteiger partial charge < -0.3 is 15.2 Å². The maximum atomic E-state index is 12.8. The molecule has 2 heterocycles. The third-order valence-corrected chi connectivity index (χ3v) is 6.13. The van der Waals surface area contributed by atoms with Crippen LogP contribution in [0.25, 0.3) is 0 Å². The fourth-order valence-corrected chi connectivity index (χ4v) is 4.26. The molecular formula is C20H25N3O3S. The number of amides is 2. The standard InChI is InChI=1S/C20H25N3O3S/c1-13(17-9-6-10-27-17)22-20(26)16-12-23(14-7-4-3-5-8-14)11-15(18(16)24)19(25)21-2/h6,9-14H,3-5,7-8H2,1-2H3,(H,21,25)(H,22,26). The Kier molecular flexibility index (Phi) is 6.11. The van der Waals surface area contributed by atoms with Crippen molar-refractivity contribution in [2.24, 2.45) is 0 Å². The largest absolute Gasteiger partial charge is 0.355 e. The lowest BCUT2D eigenvalue weighted by atomic mass is 9.95. The third kappa shape index (κ3) is 4.30. The van der Waals surface area contributed by atoms with E-state index in [1.807, 2.05) is 29.0 Å². The predicted molar refractivity (Wildman–Crippen MR) is 106 cm³/mol. The van der Waals surface area contributed by atoms with E-state index in [-0.39, 0.29) is 23.2 Å². The molecule has 1 saturated carbocycles. The molecule has 0 aromatic carbocycles. The normalized spacial score (nSPS) is 15.9. The molecule has 0 saturated heterocycles. The molecule has 0 spiro atoms. The molecule has 2 aromatic rings. The first kappa shape index (κ1) is 19.4. The number of thiophene rings is 1. The summed E-state index contributed by atoms with van der Waals surface area (Å²) in [5.41, 5.74) is -0.498. The minimum atomic E-state index is -0.530. The highest BCUT2D eigenvalue weighted by atomic mass is 32.1. The number of nitrogens with one attached hydrogen (secondary N) is 2. The zero-order valence-electron chi connectivity index (χ0n) is 15.7. The van der Waals surface area contributed by atoms with Crippen molar-refractivity contribution in [2.45, 2.75) is 51.1 Å². The fraction of sp³-hybridized carbons (Fsp3) is 0.450. The molecule has 3 rings (SSSR count). The SMILES string of the molecule is CNC(=O)c1cn(C2CCCCC2)cc(C(=O)NC(C)c2cccs2)c1=O. The molecule has 7 heteroatoms. The summed E-state index contributed by atoms with van der Waals surface area (Å²) < 4.78 is 1.88. The van der Waals surface area contributed by atoms with Gasteiger partial charge in [0.2, 0.25) is 5.43 Å². The quantitative estimate of drug-likeness (QED) is 0.826. The summed E-state index contributed by atoms with van der Waals surface area (Å²) in [6, 6.07) is 3.87. The van der Waals surface area contributed by atoms with E-state index in [0.717, 1.165) is 30.6 Å². The van der Waals surface area contributed by atoms with Gasteiger partial charge in [-0.2, -0.15) is 0 Å². The van der Waals surface area contributed by atoms with Crippen molar-refractivity contribution in [3.05, 3.63) is 56.1 Å². The number of aromatic nitrogens is 1. The van der Waals surface area contributed by atoms with E-state index >= 15 is 0 Å². The summed E-state index contributed by atoms with van der Waals surface area (Å²) in [5, 5.41) is 7.32. The highest BCUT2D eigenvalue weighted by Crippen LogP contribution is 2.28. The Balaban J connectivity index is 1.95. The first-order valence-electron chi connectivity index (χ1n) is 9.33. The van der Waals surface area contributed by atoms with Crippen LogP contribution in [0, 0.1) is 0 Å². The van der Waals surface area contributed by atoms with Gasteiger partial charge in [-0.05, 0) is 31.2 Å². The molecule has 1 aliphatic carbocycles. The van der Waals surface area contributed by atoms with Gasteiger partial charge in [-0.3, -0.25) is 14.4 Å². The number of pyridine rings is 1. The fourth-order valence-electron chi connectivity index (χ4n) is 3.53. The molecule has 2 aromatic heterocycles. The predicted octanol–water partition coefficient (Wildman–Crippen LogP) is 3.27. The summed E-state index contributed by atoms with van der Waals surface area (Å²) in [4.78, 5) is 38.8. The Hall–Kier alpha value is -2.41. The van der Waals surface area contributed by atoms with Crippen LogP contribution in [0.4, 0.5) is 0 Å². The Morgan fingerprint density at radius 2 is 1.81 bits per heavy atom. The smallest absolute Gasteiger partial charge is 0.257 e. The summed E-state index contributed by atoms with van der Waals surface area (Å²) in [7, 11) is 1.48. The molecule has 1 atom stereocenters. The molecular weight excluding hydrogens is 362 g/mol. The van der Waals surface area contributed by atoms with Gasteiger partial charge in [0.25, 0.3) is 11.8 Å². The lowest BCUT2D eigenvalue weighted by Crippen LogP contribution is -2.35. The van der Waals surface area contributed by atoms with Gasteiger partial charge >= 0.3 is 0 Å². The van der Waals surface area contributed by atoms with Crippen molar-refractivity contribution in [1.82, 2.24) is 15.2 Å². The average molecular weight is 388 g/mol. The van der Waals surface area contributed by atoms with Crippen LogP contribution in [0.15, 0.2) is 34.7 Å². The Morgan fingerprint density at radius 1 is 1.15 bits per heavy atom. The number of carbonyl (C=O) groups excluding carboxylic acids is 2. The molecule has 27 heavy (non-hydrogen) atoms. The summed E-state index contributed by atoms with van der Waals surface area (Å²) >= 11 is 1.55. The van der Waals surface area contributed by atoms with E-state index < -0.39 is 17.2 Å². The van der Waals surface area contributed by atoms with Crippen LogP contribution in [-0.2, 0) is 0 Å². The molecule has 1 aliphatic rings. The maximum absolute atomic E-state index is 12.8. The zero-order valence-corrected chi connectivity index (χ0v) is 16.5. The van der Waals surface area contributed by atoms with Gasteiger partial charge in [0.15, 0.2) is 0 Å². The first-order valence-corrected chi connectivity index (χ1v) is 10.2. The van der Waals surface area contributed by atoms with Crippen LogP contribution in [0.5, 0.6) is 0 Å². The molecule has 2 amide bonds. The zero-order chi connectivity index (χ0) is 19.4. The molecule has 6 nitrogen and oxygen atoms in total. The van der Waals surface area contributed by atoms with Crippen LogP contribution in [0.2, 0.25) is 0 Å². The number of hydrogen-bond acceptors (Lipinski definition) is 4. The Morgan fingerprint density at radius 3 is 2.41 bits per heavy atom.